The number of hydrogen-bond donors (Lipinski definition) is 1. The summed E-state index contributed by atoms with van der Waals surface area (Å²) in [4.78, 5) is 0. The predicted molar refractivity (Wildman–Crippen MR) is 64.1 cm³/mol. The largest absolute Gasteiger partial charge is 0.416 e. The summed E-state index contributed by atoms with van der Waals surface area (Å²) in [6.07, 6.45) is -3.49. The number of alkyl halides is 3. The van der Waals surface area contributed by atoms with Crippen LogP contribution in [0.3, 0.4) is 0 Å². The second-order valence-corrected chi connectivity index (χ2v) is 3.98. The fraction of sp³-hybridized carbons (Fsp3) is 0.385. The zero-order valence-corrected chi connectivity index (χ0v) is 9.99. The maximum absolute atomic E-state index is 12.5. The van der Waals surface area contributed by atoms with Crippen LogP contribution in [0.1, 0.15) is 24.5 Å². The van der Waals surface area contributed by atoms with Crippen LogP contribution in [-0.2, 0) is 6.18 Å². The Morgan fingerprint density at radius 3 is 2.53 bits per heavy atom. The van der Waals surface area contributed by atoms with Gasteiger partial charge in [-0.05, 0) is 31.0 Å². The van der Waals surface area contributed by atoms with Crippen LogP contribution >= 0.6 is 0 Å². The van der Waals surface area contributed by atoms with Gasteiger partial charge in [0.1, 0.15) is 0 Å². The molecule has 0 bridgehead atoms. The lowest BCUT2D eigenvalue weighted by Gasteiger charge is -2.13. The summed E-state index contributed by atoms with van der Waals surface area (Å²) in [7, 11) is 0. The number of rotatable bonds is 4. The van der Waals surface area contributed by atoms with Crippen LogP contribution in [0.4, 0.5) is 18.9 Å². The topological polar surface area (TPSA) is 12.0 Å². The van der Waals surface area contributed by atoms with Gasteiger partial charge < -0.3 is 5.32 Å². The maximum atomic E-state index is 12.5. The van der Waals surface area contributed by atoms with Crippen molar-refractivity contribution in [2.45, 2.75) is 26.4 Å². The third kappa shape index (κ3) is 3.80. The molecular formula is C13H16F3N. The first-order chi connectivity index (χ1) is 7.84. The lowest BCUT2D eigenvalue weighted by Crippen LogP contribution is -2.09. The molecule has 0 heterocycles. The molecule has 0 fully saturated rings. The van der Waals surface area contributed by atoms with Crippen molar-refractivity contribution in [2.24, 2.45) is 0 Å². The molecule has 1 N–H and O–H groups in total. The Kier molecular flexibility index (Phi) is 4.21. The van der Waals surface area contributed by atoms with Crippen LogP contribution < -0.4 is 5.32 Å². The van der Waals surface area contributed by atoms with E-state index < -0.39 is 11.7 Å². The standard InChI is InChI=1S/C13H16F3N/c1-4-9(2)8-17-12-7-11(13(14,15)16)6-5-10(12)3/h5-7,17H,2,4,8H2,1,3H3. The van der Waals surface area contributed by atoms with E-state index in [0.29, 0.717) is 12.2 Å². The van der Waals surface area contributed by atoms with Gasteiger partial charge in [0.2, 0.25) is 0 Å². The number of benzene rings is 1. The SMILES string of the molecule is C=C(CC)CNc1cc(C(F)(F)F)ccc1C. The van der Waals surface area contributed by atoms with Gasteiger partial charge in [-0.15, -0.1) is 0 Å². The highest BCUT2D eigenvalue weighted by Crippen LogP contribution is 2.32. The van der Waals surface area contributed by atoms with Gasteiger partial charge in [0.25, 0.3) is 0 Å². The average Bonchev–Trinajstić information content (AvgIpc) is 2.26. The van der Waals surface area contributed by atoms with Crippen molar-refractivity contribution < 1.29 is 13.2 Å². The smallest absolute Gasteiger partial charge is 0.381 e. The summed E-state index contributed by atoms with van der Waals surface area (Å²) >= 11 is 0. The average molecular weight is 243 g/mol. The van der Waals surface area contributed by atoms with Gasteiger partial charge >= 0.3 is 6.18 Å². The first-order valence-corrected chi connectivity index (χ1v) is 5.43. The van der Waals surface area contributed by atoms with E-state index in [-0.39, 0.29) is 0 Å². The molecule has 0 amide bonds. The molecule has 1 rings (SSSR count). The molecule has 0 aliphatic heterocycles. The van der Waals surface area contributed by atoms with Gasteiger partial charge in [0.15, 0.2) is 0 Å². The normalized spacial score (nSPS) is 11.4. The summed E-state index contributed by atoms with van der Waals surface area (Å²) in [5.41, 5.74) is 1.63. The van der Waals surface area contributed by atoms with Gasteiger partial charge in [0.05, 0.1) is 5.56 Å². The molecule has 0 radical (unpaired) electrons. The molecule has 0 saturated heterocycles. The van der Waals surface area contributed by atoms with Crippen molar-refractivity contribution in [3.8, 4) is 0 Å². The lowest BCUT2D eigenvalue weighted by molar-refractivity contribution is -0.137. The Labute approximate surface area is 99.3 Å². The van der Waals surface area contributed by atoms with Gasteiger partial charge in [0, 0.05) is 12.2 Å². The Morgan fingerprint density at radius 1 is 1.35 bits per heavy atom. The lowest BCUT2D eigenvalue weighted by atomic mass is 10.1. The van der Waals surface area contributed by atoms with Crippen molar-refractivity contribution in [3.05, 3.63) is 41.5 Å². The zero-order valence-electron chi connectivity index (χ0n) is 9.99. The third-order valence-electron chi connectivity index (χ3n) is 2.59. The quantitative estimate of drug-likeness (QED) is 0.773. The van der Waals surface area contributed by atoms with Crippen molar-refractivity contribution in [1.29, 1.82) is 0 Å². The second-order valence-electron chi connectivity index (χ2n) is 3.98. The zero-order chi connectivity index (χ0) is 13.1. The van der Waals surface area contributed by atoms with E-state index in [9.17, 15) is 13.2 Å². The molecular weight excluding hydrogens is 227 g/mol. The number of halogens is 3. The van der Waals surface area contributed by atoms with Crippen LogP contribution in [0.15, 0.2) is 30.4 Å². The second kappa shape index (κ2) is 5.25. The molecule has 4 heteroatoms. The van der Waals surface area contributed by atoms with Crippen LogP contribution in [0.25, 0.3) is 0 Å². The minimum atomic E-state index is -4.30. The summed E-state index contributed by atoms with van der Waals surface area (Å²) in [5, 5.41) is 2.98. The molecule has 1 aromatic rings. The summed E-state index contributed by atoms with van der Waals surface area (Å²) in [6.45, 7) is 8.04. The van der Waals surface area contributed by atoms with Crippen molar-refractivity contribution in [1.82, 2.24) is 0 Å². The molecule has 0 unspecified atom stereocenters. The van der Waals surface area contributed by atoms with E-state index in [1.165, 1.54) is 6.07 Å². The van der Waals surface area contributed by atoms with E-state index in [4.69, 9.17) is 0 Å². The molecule has 0 aromatic heterocycles. The van der Waals surface area contributed by atoms with Crippen LogP contribution in [0.2, 0.25) is 0 Å². The van der Waals surface area contributed by atoms with Gasteiger partial charge in [-0.3, -0.25) is 0 Å². The Balaban J connectivity index is 2.88. The van der Waals surface area contributed by atoms with E-state index in [1.807, 2.05) is 6.92 Å². The van der Waals surface area contributed by atoms with Crippen LogP contribution in [0, 0.1) is 6.92 Å². The molecule has 0 aliphatic rings. The molecule has 0 atom stereocenters. The number of hydrogen-bond acceptors (Lipinski definition) is 1. The van der Waals surface area contributed by atoms with Gasteiger partial charge in [-0.2, -0.15) is 13.2 Å². The van der Waals surface area contributed by atoms with Crippen LogP contribution in [-0.4, -0.2) is 6.54 Å². The van der Waals surface area contributed by atoms with E-state index in [0.717, 1.165) is 29.7 Å². The Bertz CT molecular complexity index is 408. The summed E-state index contributed by atoms with van der Waals surface area (Å²) in [6, 6.07) is 3.70. The summed E-state index contributed by atoms with van der Waals surface area (Å²) in [5.74, 6) is 0. The fourth-order valence-electron chi connectivity index (χ4n) is 1.33. The molecule has 0 saturated carbocycles. The van der Waals surface area contributed by atoms with E-state index >= 15 is 0 Å². The molecule has 0 spiro atoms. The molecule has 1 aromatic carbocycles. The highest BCUT2D eigenvalue weighted by Gasteiger charge is 2.30. The maximum Gasteiger partial charge on any atom is 0.416 e. The van der Waals surface area contributed by atoms with Crippen molar-refractivity contribution in [3.63, 3.8) is 0 Å². The molecule has 0 aliphatic carbocycles. The minimum Gasteiger partial charge on any atom is -0.381 e. The van der Waals surface area contributed by atoms with Gasteiger partial charge in [-0.25, -0.2) is 0 Å². The first-order valence-electron chi connectivity index (χ1n) is 5.43. The first kappa shape index (κ1) is 13.6. The molecule has 1 nitrogen and oxygen atoms in total. The highest BCUT2D eigenvalue weighted by molar-refractivity contribution is 5.53. The third-order valence-corrected chi connectivity index (χ3v) is 2.59. The molecule has 17 heavy (non-hydrogen) atoms. The number of nitrogens with one attached hydrogen (secondary N) is 1. The Hall–Kier alpha value is -1.45. The monoisotopic (exact) mass is 243 g/mol. The summed E-state index contributed by atoms with van der Waals surface area (Å²) < 4.78 is 37.6. The fourth-order valence-corrected chi connectivity index (χ4v) is 1.33. The number of aryl methyl sites for hydroxylation is 1. The Morgan fingerprint density at radius 2 is 2.00 bits per heavy atom. The number of anilines is 1. The van der Waals surface area contributed by atoms with Crippen molar-refractivity contribution in [2.75, 3.05) is 11.9 Å². The van der Waals surface area contributed by atoms with Crippen LogP contribution in [0.5, 0.6) is 0 Å². The van der Waals surface area contributed by atoms with Gasteiger partial charge in [-0.1, -0.05) is 25.1 Å². The minimum absolute atomic E-state index is 0.499. The van der Waals surface area contributed by atoms with E-state index in [2.05, 4.69) is 11.9 Å². The molecule has 94 valence electrons. The predicted octanol–water partition coefficient (Wildman–Crippen LogP) is 4.39. The highest BCUT2D eigenvalue weighted by atomic mass is 19.4. The van der Waals surface area contributed by atoms with Crippen molar-refractivity contribution >= 4 is 5.69 Å². The van der Waals surface area contributed by atoms with E-state index in [1.54, 1.807) is 6.92 Å².